The first kappa shape index (κ1) is 4.03. The topological polar surface area (TPSA) is 24.4 Å². The molecule has 3 heteroatoms. The minimum Gasteiger partial charge on any atom is -0.345 e. The van der Waals surface area contributed by atoms with Crippen molar-refractivity contribution in [2.24, 2.45) is 4.40 Å². The number of para-hydroxylation sites is 1. The van der Waals surface area contributed by atoms with Gasteiger partial charge in [-0.15, -0.1) is 11.8 Å². The second-order valence-corrected chi connectivity index (χ2v) is 2.80. The molecule has 10 heavy (non-hydrogen) atoms. The van der Waals surface area contributed by atoms with E-state index >= 15 is 0 Å². The van der Waals surface area contributed by atoms with E-state index in [0.29, 0.717) is 4.90 Å². The highest BCUT2D eigenvalue weighted by atomic mass is 32.2. The number of fused-ring (bicyclic) bond motifs is 1. The van der Waals surface area contributed by atoms with Crippen LogP contribution in [0.15, 0.2) is 33.6 Å². The average Bonchev–Trinajstić information content (AvgIpc) is 2.04. The van der Waals surface area contributed by atoms with Crippen LogP contribution < -0.4 is 5.32 Å². The zero-order valence-corrected chi connectivity index (χ0v) is 6.06. The molecule has 0 spiro atoms. The number of anilines is 1. The van der Waals surface area contributed by atoms with Crippen molar-refractivity contribution in [2.45, 2.75) is 4.90 Å². The maximum atomic E-state index is 7.62. The SMILES string of the molecule is [2H]S1([2H])N=CNc2ccccc21. The molecule has 0 saturated carbocycles. The van der Waals surface area contributed by atoms with Gasteiger partial charge >= 0.3 is 0 Å². The quantitative estimate of drug-likeness (QED) is 0.603. The second kappa shape index (κ2) is 2.34. The van der Waals surface area contributed by atoms with Crippen molar-refractivity contribution in [1.82, 2.24) is 0 Å². The molecule has 1 aromatic carbocycles. The van der Waals surface area contributed by atoms with Crippen LogP contribution in [0, 0.1) is 0 Å². The lowest BCUT2D eigenvalue weighted by Crippen LogP contribution is -1.98. The van der Waals surface area contributed by atoms with Gasteiger partial charge in [0.15, 0.2) is 0 Å². The fourth-order valence-electron chi connectivity index (χ4n) is 0.845. The van der Waals surface area contributed by atoms with Crippen LogP contribution in [0.4, 0.5) is 5.69 Å². The van der Waals surface area contributed by atoms with Gasteiger partial charge < -0.3 is 5.32 Å². The van der Waals surface area contributed by atoms with Gasteiger partial charge in [-0.25, -0.2) is 4.40 Å². The largest absolute Gasteiger partial charge is 0.345 e. The maximum absolute atomic E-state index is 7.62. The second-order valence-electron chi connectivity index (χ2n) is 1.97. The summed E-state index contributed by atoms with van der Waals surface area (Å²) in [5, 5.41) is 2.91. The molecule has 0 aromatic heterocycles. The number of rotatable bonds is 0. The molecule has 0 unspecified atom stereocenters. The molecule has 1 aromatic rings. The maximum Gasteiger partial charge on any atom is 0.107 e. The highest BCUT2D eigenvalue weighted by Gasteiger charge is 1.99. The van der Waals surface area contributed by atoms with Gasteiger partial charge in [0.1, 0.15) is 2.25 Å². The van der Waals surface area contributed by atoms with Crippen LogP contribution in [-0.4, -0.2) is 8.59 Å². The molecule has 52 valence electrons. The van der Waals surface area contributed by atoms with E-state index in [1.54, 1.807) is 6.07 Å². The molecule has 0 radical (unpaired) electrons. The van der Waals surface area contributed by atoms with Crippen LogP contribution in [0.1, 0.15) is 0 Å². The van der Waals surface area contributed by atoms with Gasteiger partial charge in [-0.1, -0.05) is 12.1 Å². The summed E-state index contributed by atoms with van der Waals surface area (Å²) in [7, 11) is 0. The van der Waals surface area contributed by atoms with Crippen molar-refractivity contribution in [1.29, 1.82) is 2.25 Å². The summed E-state index contributed by atoms with van der Waals surface area (Å²) >= 11 is -2.44. The summed E-state index contributed by atoms with van der Waals surface area (Å²) in [6.07, 6.45) is 1.43. The van der Waals surface area contributed by atoms with Crippen LogP contribution in [-0.2, 0) is 0 Å². The summed E-state index contributed by atoms with van der Waals surface area (Å²) in [6.45, 7) is 0. The van der Waals surface area contributed by atoms with Gasteiger partial charge in [0.2, 0.25) is 0 Å². The third-order valence-corrected chi connectivity index (χ3v) is 2.07. The molecular formula is C7H8N2S. The van der Waals surface area contributed by atoms with Crippen molar-refractivity contribution in [3.63, 3.8) is 0 Å². The van der Waals surface area contributed by atoms with Gasteiger partial charge in [-0.05, 0) is 12.1 Å². The van der Waals surface area contributed by atoms with Gasteiger partial charge in [0.25, 0.3) is 0 Å². The van der Waals surface area contributed by atoms with Crippen LogP contribution in [0.25, 0.3) is 0 Å². The van der Waals surface area contributed by atoms with Crippen LogP contribution in [0.5, 0.6) is 0 Å². The van der Waals surface area contributed by atoms with Crippen molar-refractivity contribution < 1.29 is 0 Å². The minimum atomic E-state index is -2.44. The van der Waals surface area contributed by atoms with Crippen LogP contribution >= 0.6 is 11.8 Å². The van der Waals surface area contributed by atoms with E-state index in [1.165, 1.54) is 6.34 Å². The molecule has 0 atom stereocenters. The van der Waals surface area contributed by atoms with E-state index < -0.39 is 11.8 Å². The Balaban J connectivity index is 2.58. The molecule has 0 aliphatic carbocycles. The summed E-state index contributed by atoms with van der Waals surface area (Å²) in [5.41, 5.74) is 0.826. The molecule has 0 bridgehead atoms. The molecule has 1 N–H and O–H groups in total. The van der Waals surface area contributed by atoms with Crippen molar-refractivity contribution >= 4 is 23.8 Å². The monoisotopic (exact) mass is 154 g/mol. The number of hydrogen-bond acceptors (Lipinski definition) is 2. The fourth-order valence-corrected chi connectivity index (χ4v) is 1.43. The van der Waals surface area contributed by atoms with Gasteiger partial charge in [-0.2, -0.15) is 0 Å². The molecule has 0 amide bonds. The molecule has 1 heterocycles. The molecule has 2 nitrogen and oxygen atoms in total. The Hall–Kier alpha value is -0.960. The number of nitrogens with zero attached hydrogens (tertiary/aromatic N) is 1. The van der Waals surface area contributed by atoms with Gasteiger partial charge in [0.05, 0.1) is 12.0 Å². The Labute approximate surface area is 65.7 Å². The lowest BCUT2D eigenvalue weighted by Gasteiger charge is -2.11. The molecule has 0 saturated heterocycles. The molecule has 1 aliphatic heterocycles. The van der Waals surface area contributed by atoms with Crippen molar-refractivity contribution in [3.8, 4) is 0 Å². The van der Waals surface area contributed by atoms with E-state index in [9.17, 15) is 0 Å². The van der Waals surface area contributed by atoms with Crippen LogP contribution in [0.3, 0.4) is 0 Å². The van der Waals surface area contributed by atoms with E-state index in [1.807, 2.05) is 18.2 Å². The predicted octanol–water partition coefficient (Wildman–Crippen LogP) is 1.61. The zero-order valence-electron chi connectivity index (χ0n) is 7.24. The summed E-state index contributed by atoms with van der Waals surface area (Å²) in [5.74, 6) is 0. The smallest absolute Gasteiger partial charge is 0.107 e. The summed E-state index contributed by atoms with van der Waals surface area (Å²) < 4.78 is 19.0. The average molecular weight is 154 g/mol. The summed E-state index contributed by atoms with van der Waals surface area (Å²) in [4.78, 5) is 0.674. The lowest BCUT2D eigenvalue weighted by molar-refractivity contribution is 1.43. The van der Waals surface area contributed by atoms with Gasteiger partial charge in [-0.3, -0.25) is 0 Å². The third kappa shape index (κ3) is 0.885. The van der Waals surface area contributed by atoms with E-state index in [4.69, 9.17) is 2.25 Å². The van der Waals surface area contributed by atoms with Crippen molar-refractivity contribution in [3.05, 3.63) is 24.3 Å². The molecule has 2 rings (SSSR count). The Bertz CT molecular complexity index is 338. The Morgan fingerprint density at radius 1 is 1.50 bits per heavy atom. The Kier molecular flexibility index (Phi) is 0.945. The number of nitrogens with one attached hydrogen (secondary N) is 1. The first-order valence-electron chi connectivity index (χ1n) is 3.83. The highest BCUT2D eigenvalue weighted by Crippen LogP contribution is 2.29. The van der Waals surface area contributed by atoms with E-state index in [-0.39, 0.29) is 0 Å². The number of benzene rings is 1. The predicted molar refractivity (Wildman–Crippen MR) is 47.2 cm³/mol. The van der Waals surface area contributed by atoms with Gasteiger partial charge in [0, 0.05) is 4.90 Å². The third-order valence-electron chi connectivity index (χ3n) is 1.31. The standard InChI is InChI=1S/C7H8N2S/c1-2-4-7-6(3-1)8-5-9-10-7/h1-5H,10H2,(H,8,9)/i10D2. The summed E-state index contributed by atoms with van der Waals surface area (Å²) in [6, 6.07) is 7.33. The number of hydrogen-bond donors (Lipinski definition) is 1. The zero-order chi connectivity index (χ0) is 8.60. The minimum absolute atomic E-state index is 0.674. The fraction of sp³-hybridized carbons (Fsp3) is 0. The van der Waals surface area contributed by atoms with E-state index in [0.717, 1.165) is 5.69 Å². The Morgan fingerprint density at radius 3 is 3.30 bits per heavy atom. The first-order chi connectivity index (χ1) is 5.70. The molecule has 0 fully saturated rings. The molecule has 1 aliphatic rings. The first-order valence-corrected chi connectivity index (χ1v) is 3.78. The normalized spacial score (nSPS) is 25.2. The molecular weight excluding hydrogens is 144 g/mol. The highest BCUT2D eigenvalue weighted by molar-refractivity contribution is 7.98. The van der Waals surface area contributed by atoms with Crippen molar-refractivity contribution in [2.75, 3.05) is 5.32 Å². The Morgan fingerprint density at radius 2 is 2.40 bits per heavy atom. The van der Waals surface area contributed by atoms with E-state index in [2.05, 4.69) is 9.71 Å². The lowest BCUT2D eigenvalue weighted by atomic mass is 10.3. The van der Waals surface area contributed by atoms with Crippen LogP contribution in [0.2, 0.25) is 0 Å².